The van der Waals surface area contributed by atoms with Crippen LogP contribution < -0.4 is 10.1 Å². The second-order valence-electron chi connectivity index (χ2n) is 4.66. The van der Waals surface area contributed by atoms with E-state index in [1.807, 2.05) is 0 Å². The van der Waals surface area contributed by atoms with Crippen LogP contribution >= 0.6 is 0 Å². The maximum absolute atomic E-state index is 12.9. The predicted molar refractivity (Wildman–Crippen MR) is 74.7 cm³/mol. The van der Waals surface area contributed by atoms with Gasteiger partial charge in [0.15, 0.2) is 0 Å². The Kier molecular flexibility index (Phi) is 6.45. The van der Waals surface area contributed by atoms with E-state index >= 15 is 0 Å². The number of hydrogen-bond donors (Lipinski definition) is 2. The normalized spacial score (nSPS) is 11.6. The molecular weight excluding hydrogens is 279 g/mol. The van der Waals surface area contributed by atoms with Crippen molar-refractivity contribution in [3.8, 4) is 5.75 Å². The first-order valence-corrected chi connectivity index (χ1v) is 6.50. The molecule has 0 aromatic heterocycles. The molecule has 1 aromatic rings. The number of benzene rings is 1. The molecular formula is C14H19FN2O4. The van der Waals surface area contributed by atoms with Crippen LogP contribution in [0.25, 0.3) is 0 Å². The Hall–Kier alpha value is -2.31. The minimum atomic E-state index is -0.955. The average Bonchev–Trinajstić information content (AvgIpc) is 2.43. The van der Waals surface area contributed by atoms with Crippen molar-refractivity contribution in [2.75, 3.05) is 26.7 Å². The average molecular weight is 298 g/mol. The minimum Gasteiger partial charge on any atom is -0.492 e. The molecule has 1 atom stereocenters. The second-order valence-corrected chi connectivity index (χ2v) is 4.66. The molecule has 116 valence electrons. The lowest BCUT2D eigenvalue weighted by Crippen LogP contribution is -2.42. The lowest BCUT2D eigenvalue weighted by Gasteiger charge is -2.20. The Morgan fingerprint density at radius 1 is 1.48 bits per heavy atom. The molecule has 0 saturated heterocycles. The van der Waals surface area contributed by atoms with Crippen LogP contribution in [0.3, 0.4) is 0 Å². The van der Waals surface area contributed by atoms with Crippen LogP contribution in [0.5, 0.6) is 5.75 Å². The van der Waals surface area contributed by atoms with E-state index in [1.165, 1.54) is 37.1 Å². The van der Waals surface area contributed by atoms with E-state index in [0.29, 0.717) is 5.75 Å². The van der Waals surface area contributed by atoms with E-state index in [0.717, 1.165) is 0 Å². The molecule has 6 nitrogen and oxygen atoms in total. The van der Waals surface area contributed by atoms with Crippen LogP contribution in [0.15, 0.2) is 24.3 Å². The number of ether oxygens (including phenoxy) is 1. The van der Waals surface area contributed by atoms with Crippen LogP contribution in [0.4, 0.5) is 9.18 Å². The number of carboxylic acids is 1. The van der Waals surface area contributed by atoms with E-state index in [1.54, 1.807) is 6.07 Å². The fourth-order valence-corrected chi connectivity index (χ4v) is 1.59. The summed E-state index contributed by atoms with van der Waals surface area (Å²) >= 11 is 0. The molecule has 0 saturated carbocycles. The van der Waals surface area contributed by atoms with Gasteiger partial charge in [0, 0.05) is 19.7 Å². The molecule has 2 N–H and O–H groups in total. The number of nitrogens with zero attached hydrogens (tertiary/aromatic N) is 1. The van der Waals surface area contributed by atoms with Gasteiger partial charge in [0.25, 0.3) is 0 Å². The van der Waals surface area contributed by atoms with Crippen LogP contribution in [-0.4, -0.2) is 48.8 Å². The zero-order valence-corrected chi connectivity index (χ0v) is 12.0. The number of aliphatic carboxylic acids is 1. The largest absolute Gasteiger partial charge is 0.492 e. The number of carbonyl (C=O) groups is 2. The zero-order valence-electron chi connectivity index (χ0n) is 12.0. The number of halogens is 1. The highest BCUT2D eigenvalue weighted by molar-refractivity contribution is 5.75. The van der Waals surface area contributed by atoms with E-state index in [2.05, 4.69) is 5.32 Å². The van der Waals surface area contributed by atoms with Gasteiger partial charge in [-0.2, -0.15) is 0 Å². The lowest BCUT2D eigenvalue weighted by molar-refractivity contribution is -0.141. The van der Waals surface area contributed by atoms with Crippen LogP contribution in [0.1, 0.15) is 6.92 Å². The summed E-state index contributed by atoms with van der Waals surface area (Å²) in [5.41, 5.74) is 0. The predicted octanol–water partition coefficient (Wildman–Crippen LogP) is 1.57. The number of carbonyl (C=O) groups excluding carboxylic acids is 1. The van der Waals surface area contributed by atoms with Crippen molar-refractivity contribution < 1.29 is 23.8 Å². The SMILES string of the molecule is CC(CN(C)C(=O)NCCOc1cccc(F)c1)C(=O)O. The Morgan fingerprint density at radius 2 is 2.19 bits per heavy atom. The van der Waals surface area contributed by atoms with E-state index < -0.39 is 11.9 Å². The smallest absolute Gasteiger partial charge is 0.317 e. The standard InChI is InChI=1S/C14H19FN2O4/c1-10(13(18)19)9-17(2)14(20)16-6-7-21-12-5-3-4-11(15)8-12/h3-5,8,10H,6-7,9H2,1-2H3,(H,16,20)(H,18,19). The van der Waals surface area contributed by atoms with Crippen LogP contribution in [0, 0.1) is 11.7 Å². The van der Waals surface area contributed by atoms with Crippen LogP contribution in [-0.2, 0) is 4.79 Å². The molecule has 0 bridgehead atoms. The third kappa shape index (κ3) is 6.11. The fourth-order valence-electron chi connectivity index (χ4n) is 1.59. The molecule has 0 fully saturated rings. The maximum atomic E-state index is 12.9. The van der Waals surface area contributed by atoms with Gasteiger partial charge in [0.1, 0.15) is 18.2 Å². The quantitative estimate of drug-likeness (QED) is 0.749. The Labute approximate surface area is 122 Å². The van der Waals surface area contributed by atoms with Crippen molar-refractivity contribution in [1.29, 1.82) is 0 Å². The van der Waals surface area contributed by atoms with Crippen molar-refractivity contribution in [2.24, 2.45) is 5.92 Å². The van der Waals surface area contributed by atoms with Crippen molar-refractivity contribution >= 4 is 12.0 Å². The lowest BCUT2D eigenvalue weighted by atomic mass is 10.2. The highest BCUT2D eigenvalue weighted by Crippen LogP contribution is 2.11. The van der Waals surface area contributed by atoms with Gasteiger partial charge >= 0.3 is 12.0 Å². The maximum Gasteiger partial charge on any atom is 0.317 e. The molecule has 7 heteroatoms. The molecule has 0 aliphatic carbocycles. The first kappa shape index (κ1) is 16.7. The summed E-state index contributed by atoms with van der Waals surface area (Å²) in [5.74, 6) is -1.59. The molecule has 0 heterocycles. The summed E-state index contributed by atoms with van der Waals surface area (Å²) in [6.45, 7) is 2.07. The van der Waals surface area contributed by atoms with Gasteiger partial charge in [0.05, 0.1) is 12.5 Å². The van der Waals surface area contributed by atoms with Gasteiger partial charge in [-0.15, -0.1) is 0 Å². The molecule has 1 unspecified atom stereocenters. The van der Waals surface area contributed by atoms with Crippen molar-refractivity contribution in [2.45, 2.75) is 6.92 Å². The molecule has 0 radical (unpaired) electrons. The van der Waals surface area contributed by atoms with Gasteiger partial charge in [-0.05, 0) is 12.1 Å². The monoisotopic (exact) mass is 298 g/mol. The number of rotatable bonds is 7. The zero-order chi connectivity index (χ0) is 15.8. The minimum absolute atomic E-state index is 0.117. The number of nitrogens with one attached hydrogen (secondary N) is 1. The molecule has 0 spiro atoms. The number of hydrogen-bond acceptors (Lipinski definition) is 3. The van der Waals surface area contributed by atoms with E-state index in [4.69, 9.17) is 9.84 Å². The Balaban J connectivity index is 2.25. The van der Waals surface area contributed by atoms with Gasteiger partial charge in [-0.3, -0.25) is 4.79 Å². The highest BCUT2D eigenvalue weighted by atomic mass is 19.1. The third-order valence-electron chi connectivity index (χ3n) is 2.76. The van der Waals surface area contributed by atoms with Crippen molar-refractivity contribution in [3.63, 3.8) is 0 Å². The molecule has 21 heavy (non-hydrogen) atoms. The van der Waals surface area contributed by atoms with Crippen molar-refractivity contribution in [1.82, 2.24) is 10.2 Å². The Bertz CT molecular complexity index is 496. The van der Waals surface area contributed by atoms with Crippen molar-refractivity contribution in [3.05, 3.63) is 30.1 Å². The highest BCUT2D eigenvalue weighted by Gasteiger charge is 2.16. The summed E-state index contributed by atoms with van der Waals surface area (Å²) in [7, 11) is 1.52. The molecule has 0 aliphatic heterocycles. The van der Waals surface area contributed by atoms with E-state index in [-0.39, 0.29) is 31.5 Å². The van der Waals surface area contributed by atoms with Crippen LogP contribution in [0.2, 0.25) is 0 Å². The number of carboxylic acid groups (broad SMARTS) is 1. The summed E-state index contributed by atoms with van der Waals surface area (Å²) in [6, 6.07) is 5.33. The Morgan fingerprint density at radius 3 is 2.81 bits per heavy atom. The number of amides is 2. The summed E-state index contributed by atoms with van der Waals surface area (Å²) in [4.78, 5) is 23.7. The molecule has 0 aliphatic rings. The topological polar surface area (TPSA) is 78.9 Å². The first-order chi connectivity index (χ1) is 9.90. The third-order valence-corrected chi connectivity index (χ3v) is 2.76. The van der Waals surface area contributed by atoms with E-state index in [9.17, 15) is 14.0 Å². The number of urea groups is 1. The summed E-state index contributed by atoms with van der Waals surface area (Å²) in [6.07, 6.45) is 0. The van der Waals surface area contributed by atoms with Gasteiger partial charge in [-0.1, -0.05) is 13.0 Å². The second kappa shape index (κ2) is 8.08. The summed E-state index contributed by atoms with van der Waals surface area (Å²) in [5, 5.41) is 11.4. The fraction of sp³-hybridized carbons (Fsp3) is 0.429. The summed E-state index contributed by atoms with van der Waals surface area (Å²) < 4.78 is 18.2. The van der Waals surface area contributed by atoms with Gasteiger partial charge in [0.2, 0.25) is 0 Å². The molecule has 1 aromatic carbocycles. The first-order valence-electron chi connectivity index (χ1n) is 6.50. The molecule has 2 amide bonds. The molecule has 1 rings (SSSR count). The van der Waals surface area contributed by atoms with Gasteiger partial charge < -0.3 is 20.1 Å². The van der Waals surface area contributed by atoms with Gasteiger partial charge in [-0.25, -0.2) is 9.18 Å².